The highest BCUT2D eigenvalue weighted by Crippen LogP contribution is 2.60. The molecule has 31 nitrogen and oxygen atoms in total. The van der Waals surface area contributed by atoms with Gasteiger partial charge in [0.15, 0.2) is 0 Å². The molecular weight excluding hydrogens is 1610 g/mol. The molecule has 0 radical (unpaired) electrons. The van der Waals surface area contributed by atoms with E-state index in [0.29, 0.717) is 31.9 Å². The van der Waals surface area contributed by atoms with Crippen molar-refractivity contribution in [2.24, 2.45) is 33.5 Å². The molecule has 2 saturated carbocycles. The van der Waals surface area contributed by atoms with Gasteiger partial charge in [-0.15, -0.1) is 0 Å². The number of likely N-dealkylation sites (tertiary alicyclic amines) is 3. The van der Waals surface area contributed by atoms with Gasteiger partial charge in [-0.05, 0) is 151 Å². The Morgan fingerprint density at radius 1 is 0.433 bits per heavy atom. The largest absolute Gasteiger partial charge is 0.480 e. The third-order valence-corrected chi connectivity index (χ3v) is 25.5. The van der Waals surface area contributed by atoms with Crippen LogP contribution in [0.15, 0.2) is 146 Å². The minimum absolute atomic E-state index is 0.0130. The van der Waals surface area contributed by atoms with E-state index < -0.39 is 71.4 Å². The third-order valence-electron chi connectivity index (χ3n) is 25.5. The highest BCUT2D eigenvalue weighted by atomic mass is 16.6. The van der Waals surface area contributed by atoms with Crippen LogP contribution in [0.3, 0.4) is 0 Å². The first-order valence-corrected chi connectivity index (χ1v) is 43.1. The van der Waals surface area contributed by atoms with Crippen LogP contribution in [-0.2, 0) is 38.1 Å². The van der Waals surface area contributed by atoms with E-state index in [9.17, 15) is 38.4 Å². The first-order valence-electron chi connectivity index (χ1n) is 43.1. The summed E-state index contributed by atoms with van der Waals surface area (Å²) in [5.74, 6) is 1.22. The van der Waals surface area contributed by atoms with E-state index in [-0.39, 0.29) is 77.1 Å². The SMILES string of the molecule is COC(=O)N[C@H](C(=O)O)C(C)(C)C.[C-]#[N+][C@@H]1CN[C@H](c2ncc(-c3ccc(-c4ccc5cc(-c6cnc([C@@H]7CC8(CC8)CN7C(=O)[C@@H](NC(=O)OC)C(C)C)[nH]6)ccc5c4)cc3)[nH]2)C1.[C-]#[N+][C@H]1C[C@@H](c2ncc(-c3ccc(-c4ccc5cc(-c6cnc([C@@H]7CC8(CC8)CN7C(=O)[C@@H](NC(=O)OC)C(C)C)[nH]6)ccc5c4)cc3)[nH]2)N(C(=O)[C@@H](NC(=O)OC)C(C)(C)C)C1. The Hall–Kier alpha value is -13.4. The summed E-state index contributed by atoms with van der Waals surface area (Å²) in [7, 11) is 5.07. The molecule has 4 aliphatic heterocycles. The van der Waals surface area contributed by atoms with E-state index in [0.717, 1.165) is 151 Å². The fourth-order valence-corrected chi connectivity index (χ4v) is 17.6. The van der Waals surface area contributed by atoms with Gasteiger partial charge in [0.25, 0.3) is 0 Å². The molecule has 10 N–H and O–H groups in total. The quantitative estimate of drug-likeness (QED) is 0.0250. The van der Waals surface area contributed by atoms with Crippen LogP contribution in [0.5, 0.6) is 0 Å². The number of carbonyl (C=O) groups is 8. The number of rotatable bonds is 20. The Morgan fingerprint density at radius 3 is 1.13 bits per heavy atom. The summed E-state index contributed by atoms with van der Waals surface area (Å²) in [5.41, 5.74) is 11.0. The number of aromatic amines is 4. The summed E-state index contributed by atoms with van der Waals surface area (Å²) < 4.78 is 18.7. The molecule has 2 aliphatic carbocycles. The molecule has 10 aromatic rings. The topological polar surface area (TPSA) is 387 Å². The molecule has 4 aromatic heterocycles. The molecule has 6 aliphatic rings. The molecule has 7 amide bonds. The van der Waals surface area contributed by atoms with Gasteiger partial charge in [0.2, 0.25) is 29.8 Å². The number of carbonyl (C=O) groups excluding carboxylic acids is 7. The number of amides is 7. The maximum absolute atomic E-state index is 13.9. The summed E-state index contributed by atoms with van der Waals surface area (Å²) in [6.07, 6.45) is 11.9. The maximum Gasteiger partial charge on any atom is 0.407 e. The van der Waals surface area contributed by atoms with Gasteiger partial charge in [0.05, 0.1) is 120 Å². The van der Waals surface area contributed by atoms with Crippen LogP contribution in [-0.4, -0.2) is 199 Å². The van der Waals surface area contributed by atoms with Gasteiger partial charge in [-0.25, -0.2) is 57.1 Å². The lowest BCUT2D eigenvalue weighted by Gasteiger charge is -2.34. The van der Waals surface area contributed by atoms with Gasteiger partial charge in [0, 0.05) is 30.6 Å². The zero-order valence-electron chi connectivity index (χ0n) is 74.1. The average Bonchev–Trinajstić information content (AvgIpc) is 1.58. The number of alkyl carbamates (subject to hydrolysis) is 4. The number of hydrogen-bond donors (Lipinski definition) is 10. The second kappa shape index (κ2) is 37.0. The van der Waals surface area contributed by atoms with Crippen LogP contribution in [0.4, 0.5) is 19.2 Å². The Kier molecular flexibility index (Phi) is 26.2. The number of H-pyrrole nitrogens is 4. The van der Waals surface area contributed by atoms with Crippen molar-refractivity contribution in [2.45, 2.75) is 181 Å². The molecule has 2 spiro atoms. The molecule has 4 saturated heterocycles. The summed E-state index contributed by atoms with van der Waals surface area (Å²) >= 11 is 0. The van der Waals surface area contributed by atoms with Gasteiger partial charge in [-0.2, -0.15) is 0 Å². The van der Waals surface area contributed by atoms with Crippen LogP contribution in [0, 0.1) is 46.6 Å². The molecule has 6 fully saturated rings. The number of nitrogens with one attached hydrogen (secondary N) is 9. The number of carboxylic acid groups (broad SMARTS) is 1. The molecule has 8 heterocycles. The highest BCUT2D eigenvalue weighted by molar-refractivity contribution is 5.94. The van der Waals surface area contributed by atoms with Crippen LogP contribution < -0.4 is 26.6 Å². The van der Waals surface area contributed by atoms with Crippen LogP contribution in [0.2, 0.25) is 0 Å². The van der Waals surface area contributed by atoms with Crippen molar-refractivity contribution >= 4 is 69.6 Å². The van der Waals surface area contributed by atoms with Crippen molar-refractivity contribution in [2.75, 3.05) is 54.6 Å². The molecule has 0 bridgehead atoms. The predicted octanol–water partition coefficient (Wildman–Crippen LogP) is 15.9. The van der Waals surface area contributed by atoms with Crippen molar-refractivity contribution in [3.8, 4) is 67.3 Å². The number of methoxy groups -OCH3 is 4. The van der Waals surface area contributed by atoms with Crippen molar-refractivity contribution in [1.29, 1.82) is 0 Å². The lowest BCUT2D eigenvalue weighted by Crippen LogP contribution is -2.54. The number of nitrogens with zero attached hydrogens (tertiary/aromatic N) is 9. The maximum atomic E-state index is 13.9. The zero-order chi connectivity index (χ0) is 90.7. The van der Waals surface area contributed by atoms with Crippen molar-refractivity contribution < 1.29 is 62.4 Å². The third kappa shape index (κ3) is 20.1. The standard InChI is InChI=1S/C48H55N9O6.C40H42N8O3.C8H15NO4/c1-27(2)39(54-45(60)62-7)43(58)57-26-48(17-18-48)22-38(57)42-51-24-36(53-42)33-16-15-31-19-30(13-14-32(31)20-33)28-9-11-29(12-10-28)35-23-50-41(52-35)37-21-34(49-6)25-56(37)44(59)40(47(3,4)5)55-46(61)63-8;1-23(2)35(47-39(50)51-4)38(49)48-22-40(13-14-40)18-34(48)37-44-21-33(46-37)29-12-11-27-15-26(9-10-28(27)16-29)24-5-7-25(8-6-24)32-20-43-36(45-32)31-17-30(41-3)19-42-31;1-8(2,3)5(6(10)11)9-7(12)13-4/h9-16,19-20,23-24,27,34,37-40H,17-18,21-22,25-26H2,1-5,7-8H3,(H,50,52)(H,51,53)(H,54,60)(H,55,61);5-12,15-16,20-21,23,30-31,34-35,42H,13-14,17-19,22H2,1-2,4H3,(H,43,45)(H,44,46)(H,47,50);5H,1-4H3,(H,9,12)(H,10,11)/t34-,37-,38-,39-,40+;30-,31-,34-,35-;5-/m001/s1. The number of ether oxygens (including phenoxy) is 4. The van der Waals surface area contributed by atoms with Gasteiger partial charge in [-0.1, -0.05) is 166 Å². The second-order valence-corrected chi connectivity index (χ2v) is 37.2. The van der Waals surface area contributed by atoms with Gasteiger partial charge in [0.1, 0.15) is 47.5 Å². The fourth-order valence-electron chi connectivity index (χ4n) is 17.6. The summed E-state index contributed by atoms with van der Waals surface area (Å²) in [6.45, 7) is 35.8. The molecule has 0 unspecified atom stereocenters. The molecule has 127 heavy (non-hydrogen) atoms. The number of aromatic nitrogens is 8. The van der Waals surface area contributed by atoms with E-state index >= 15 is 0 Å². The van der Waals surface area contributed by atoms with Crippen LogP contribution >= 0.6 is 0 Å². The number of carboxylic acids is 1. The monoisotopic (exact) mass is 1720 g/mol. The van der Waals surface area contributed by atoms with E-state index in [1.807, 2.05) is 89.0 Å². The zero-order valence-corrected chi connectivity index (χ0v) is 74.1. The molecule has 6 aromatic carbocycles. The van der Waals surface area contributed by atoms with Crippen LogP contribution in [0.25, 0.3) is 98.5 Å². The van der Waals surface area contributed by atoms with Gasteiger partial charge >= 0.3 is 30.3 Å². The lowest BCUT2D eigenvalue weighted by molar-refractivity contribution is -0.142. The van der Waals surface area contributed by atoms with Crippen molar-refractivity contribution in [3.63, 3.8) is 0 Å². The highest BCUT2D eigenvalue weighted by Gasteiger charge is 2.57. The Bertz CT molecular complexity index is 5830. The van der Waals surface area contributed by atoms with Crippen LogP contribution in [0.1, 0.15) is 168 Å². The van der Waals surface area contributed by atoms with E-state index in [1.54, 1.807) is 31.9 Å². The number of aliphatic carboxylic acids is 1. The number of imidazole rings is 4. The molecular formula is C96H112N18O13. The Labute approximate surface area is 738 Å². The normalized spacial score (nSPS) is 19.8. The summed E-state index contributed by atoms with van der Waals surface area (Å²) in [4.78, 5) is 145. The second-order valence-electron chi connectivity index (χ2n) is 37.2. The van der Waals surface area contributed by atoms with E-state index in [2.05, 4.69) is 180 Å². The summed E-state index contributed by atoms with van der Waals surface area (Å²) in [5, 5.41) is 27.0. The molecule has 31 heteroatoms. The lowest BCUT2D eigenvalue weighted by atomic mass is 9.85. The Balaban J connectivity index is 0.000000183. The molecule has 664 valence electrons. The van der Waals surface area contributed by atoms with E-state index in [4.69, 9.17) is 42.4 Å². The van der Waals surface area contributed by atoms with E-state index in [1.165, 1.54) is 28.4 Å². The summed E-state index contributed by atoms with van der Waals surface area (Å²) in [6, 6.07) is 38.1. The van der Waals surface area contributed by atoms with Gasteiger partial charge < -0.3 is 89.6 Å². The Morgan fingerprint density at radius 2 is 0.772 bits per heavy atom. The fraction of sp³-hybridized carbons (Fsp3) is 0.438. The minimum Gasteiger partial charge on any atom is -0.480 e. The number of benzene rings is 6. The minimum atomic E-state index is -1.07. The average molecular weight is 1730 g/mol. The predicted molar refractivity (Wildman–Crippen MR) is 479 cm³/mol. The number of fused-ring (bicyclic) bond motifs is 2. The molecule has 16 rings (SSSR count). The smallest absolute Gasteiger partial charge is 0.407 e. The number of hydrogen-bond acceptors (Lipinski definition) is 17. The van der Waals surface area contributed by atoms with Crippen molar-refractivity contribution in [3.05, 3.63) is 192 Å². The first-order chi connectivity index (χ1) is 60.6. The van der Waals surface area contributed by atoms with Gasteiger partial charge in [-0.3, -0.25) is 19.7 Å². The first kappa shape index (κ1) is 89.8. The van der Waals surface area contributed by atoms with Crippen molar-refractivity contribution in [1.82, 2.24) is 81.2 Å². The molecule has 10 atom stereocenters.